The zero-order valence-electron chi connectivity index (χ0n) is 16.2. The van der Waals surface area contributed by atoms with Crippen LogP contribution in [0.2, 0.25) is 0 Å². The number of aliphatic hydroxyl groups excluding tert-OH is 1. The summed E-state index contributed by atoms with van der Waals surface area (Å²) in [6.07, 6.45) is -0.377. The Morgan fingerprint density at radius 2 is 1.97 bits per heavy atom. The van der Waals surface area contributed by atoms with E-state index in [9.17, 15) is 18.6 Å². The number of rotatable bonds is 7. The van der Waals surface area contributed by atoms with E-state index < -0.39 is 27.9 Å². The van der Waals surface area contributed by atoms with Crippen molar-refractivity contribution >= 4 is 25.8 Å². The first-order valence-electron chi connectivity index (χ1n) is 9.58. The fourth-order valence-electron chi connectivity index (χ4n) is 3.69. The number of halogens is 1. The molecule has 0 unspecified atom stereocenters. The van der Waals surface area contributed by atoms with E-state index in [2.05, 4.69) is 21.2 Å². The molecule has 158 valence electrons. The summed E-state index contributed by atoms with van der Waals surface area (Å²) in [6, 6.07) is 12.1. The Hall–Kier alpha value is -1.61. The summed E-state index contributed by atoms with van der Waals surface area (Å²) in [5, 5.41) is 23.7. The van der Waals surface area contributed by atoms with Gasteiger partial charge in [0.05, 0.1) is 28.7 Å². The number of hydrogen-bond acceptors (Lipinski definition) is 6. The number of phenolic OH excluding ortho intramolecular Hbond substituents is 1. The summed E-state index contributed by atoms with van der Waals surface area (Å²) in [7, 11) is -3.28. The topological polar surface area (TPSA) is 95.9 Å². The van der Waals surface area contributed by atoms with E-state index in [1.165, 1.54) is 0 Å². The van der Waals surface area contributed by atoms with Gasteiger partial charge in [0.25, 0.3) is 0 Å². The van der Waals surface area contributed by atoms with Crippen LogP contribution in [0.25, 0.3) is 0 Å². The van der Waals surface area contributed by atoms with Crippen molar-refractivity contribution in [2.45, 2.75) is 32.0 Å². The van der Waals surface area contributed by atoms with Crippen molar-refractivity contribution in [3.05, 3.63) is 58.1 Å². The summed E-state index contributed by atoms with van der Waals surface area (Å²) in [4.78, 5) is 0. The number of sulfone groups is 1. The van der Waals surface area contributed by atoms with Gasteiger partial charge in [0.2, 0.25) is 0 Å². The van der Waals surface area contributed by atoms with E-state index in [1.54, 1.807) is 18.2 Å². The summed E-state index contributed by atoms with van der Waals surface area (Å²) in [5.74, 6) is 0.330. The lowest BCUT2D eigenvalue weighted by Gasteiger charge is -2.35. The molecule has 8 heteroatoms. The third-order valence-corrected chi connectivity index (χ3v) is 7.52. The van der Waals surface area contributed by atoms with Crippen LogP contribution >= 0.6 is 15.9 Å². The van der Waals surface area contributed by atoms with Crippen LogP contribution < -0.4 is 10.1 Å². The van der Waals surface area contributed by atoms with Crippen LogP contribution in [0.15, 0.2) is 46.9 Å². The van der Waals surface area contributed by atoms with E-state index >= 15 is 0 Å². The SMILES string of the molecule is CCOc1cccc(CN[C@H]2CS(=O)(=O)C[C@@H](Cc3ccc(O)c(Br)c3)[C@@H]2O)c1. The lowest BCUT2D eigenvalue weighted by atomic mass is 9.91. The minimum atomic E-state index is -3.28. The highest BCUT2D eigenvalue weighted by atomic mass is 79.9. The van der Waals surface area contributed by atoms with Crippen LogP contribution in [0.3, 0.4) is 0 Å². The highest BCUT2D eigenvalue weighted by Gasteiger charge is 2.39. The fraction of sp³-hybridized carbons (Fsp3) is 0.429. The second-order valence-corrected chi connectivity index (χ2v) is 10.4. The van der Waals surface area contributed by atoms with E-state index in [-0.39, 0.29) is 17.3 Å². The number of aromatic hydroxyl groups is 1. The third kappa shape index (κ3) is 5.94. The highest BCUT2D eigenvalue weighted by molar-refractivity contribution is 9.10. The number of benzene rings is 2. The number of aliphatic hydroxyl groups is 1. The molecule has 1 aliphatic rings. The van der Waals surface area contributed by atoms with E-state index in [0.717, 1.165) is 16.9 Å². The normalized spacial score (nSPS) is 23.6. The molecule has 2 aromatic carbocycles. The van der Waals surface area contributed by atoms with Crippen LogP contribution in [0.5, 0.6) is 11.5 Å². The first-order chi connectivity index (χ1) is 13.8. The standard InChI is InChI=1S/C21H26BrNO5S/c1-2-28-17-5-3-4-15(9-17)11-23-19-13-29(26,27)12-16(21(19)25)8-14-6-7-20(24)18(22)10-14/h3-7,9-10,16,19,21,23-25H,2,8,11-13H2,1H3/t16-,19+,21+/m1/s1. The maximum atomic E-state index is 12.5. The van der Waals surface area contributed by atoms with Gasteiger partial charge in [-0.05, 0) is 64.7 Å². The van der Waals surface area contributed by atoms with Gasteiger partial charge in [-0.2, -0.15) is 0 Å². The quantitative estimate of drug-likeness (QED) is 0.560. The molecular formula is C21H26BrNO5S. The van der Waals surface area contributed by atoms with Crippen molar-refractivity contribution in [2.24, 2.45) is 5.92 Å². The van der Waals surface area contributed by atoms with Crippen LogP contribution in [0, 0.1) is 5.92 Å². The zero-order valence-corrected chi connectivity index (χ0v) is 18.6. The highest BCUT2D eigenvalue weighted by Crippen LogP contribution is 2.28. The van der Waals surface area contributed by atoms with Gasteiger partial charge in [-0.25, -0.2) is 8.42 Å². The van der Waals surface area contributed by atoms with Crippen LogP contribution in [-0.2, 0) is 22.8 Å². The first-order valence-corrected chi connectivity index (χ1v) is 12.2. The molecule has 0 saturated carbocycles. The molecule has 1 aliphatic heterocycles. The van der Waals surface area contributed by atoms with Gasteiger partial charge in [-0.1, -0.05) is 18.2 Å². The molecule has 1 saturated heterocycles. The fourth-order valence-corrected chi connectivity index (χ4v) is 6.09. The largest absolute Gasteiger partial charge is 0.507 e. The molecule has 0 bridgehead atoms. The van der Waals surface area contributed by atoms with E-state index in [4.69, 9.17) is 4.74 Å². The van der Waals surface area contributed by atoms with E-state index in [0.29, 0.717) is 24.0 Å². The summed E-state index contributed by atoms with van der Waals surface area (Å²) in [5.41, 5.74) is 1.82. The average molecular weight is 484 g/mol. The Bertz CT molecular complexity index is 950. The van der Waals surface area contributed by atoms with Gasteiger partial charge < -0.3 is 20.3 Å². The Labute approximate surface area is 180 Å². The maximum Gasteiger partial charge on any atom is 0.152 e. The number of hydrogen-bond donors (Lipinski definition) is 3. The first kappa shape index (κ1) is 22.1. The summed E-state index contributed by atoms with van der Waals surface area (Å²) >= 11 is 3.27. The van der Waals surface area contributed by atoms with Gasteiger partial charge in [-0.15, -0.1) is 0 Å². The van der Waals surface area contributed by atoms with Gasteiger partial charge in [0.15, 0.2) is 9.84 Å². The smallest absolute Gasteiger partial charge is 0.152 e. The zero-order chi connectivity index (χ0) is 21.0. The van der Waals surface area contributed by atoms with Crippen molar-refractivity contribution < 1.29 is 23.4 Å². The predicted molar refractivity (Wildman–Crippen MR) is 116 cm³/mol. The average Bonchev–Trinajstić information content (AvgIpc) is 2.66. The molecule has 0 spiro atoms. The second kappa shape index (κ2) is 9.47. The molecule has 3 rings (SSSR count). The van der Waals surface area contributed by atoms with Crippen LogP contribution in [0.1, 0.15) is 18.1 Å². The lowest BCUT2D eigenvalue weighted by molar-refractivity contribution is 0.0781. The summed E-state index contributed by atoms with van der Waals surface area (Å²) < 4.78 is 31.0. The maximum absolute atomic E-state index is 12.5. The minimum absolute atomic E-state index is 0.0509. The molecule has 2 aromatic rings. The van der Waals surface area contributed by atoms with Gasteiger partial charge in [0, 0.05) is 18.5 Å². The molecule has 29 heavy (non-hydrogen) atoms. The van der Waals surface area contributed by atoms with Crippen molar-refractivity contribution in [2.75, 3.05) is 18.1 Å². The van der Waals surface area contributed by atoms with Crippen molar-refractivity contribution in [3.8, 4) is 11.5 Å². The van der Waals surface area contributed by atoms with Crippen molar-refractivity contribution in [1.29, 1.82) is 0 Å². The minimum Gasteiger partial charge on any atom is -0.507 e. The predicted octanol–water partition coefficient (Wildman–Crippen LogP) is 2.66. The molecule has 0 aromatic heterocycles. The molecule has 1 fully saturated rings. The van der Waals surface area contributed by atoms with Gasteiger partial charge >= 0.3 is 0 Å². The van der Waals surface area contributed by atoms with Crippen molar-refractivity contribution in [3.63, 3.8) is 0 Å². The Morgan fingerprint density at radius 1 is 1.17 bits per heavy atom. The molecule has 1 heterocycles. The molecule has 0 amide bonds. The number of phenols is 1. The van der Waals surface area contributed by atoms with Gasteiger partial charge in [-0.3, -0.25) is 0 Å². The van der Waals surface area contributed by atoms with E-state index in [1.807, 2.05) is 31.2 Å². The molecule has 0 radical (unpaired) electrons. The molecule has 3 atom stereocenters. The molecule has 3 N–H and O–H groups in total. The Kier molecular flexibility index (Phi) is 7.21. The molecule has 0 aliphatic carbocycles. The molecule has 6 nitrogen and oxygen atoms in total. The Morgan fingerprint density at radius 3 is 2.69 bits per heavy atom. The monoisotopic (exact) mass is 483 g/mol. The van der Waals surface area contributed by atoms with Crippen LogP contribution in [-0.4, -0.2) is 48.9 Å². The molecular weight excluding hydrogens is 458 g/mol. The van der Waals surface area contributed by atoms with Crippen LogP contribution in [0.4, 0.5) is 0 Å². The number of ether oxygens (including phenoxy) is 1. The Balaban J connectivity index is 1.70. The summed E-state index contributed by atoms with van der Waals surface area (Å²) in [6.45, 7) is 2.93. The number of nitrogens with one attached hydrogen (secondary N) is 1. The van der Waals surface area contributed by atoms with Gasteiger partial charge in [0.1, 0.15) is 11.5 Å². The lowest BCUT2D eigenvalue weighted by Crippen LogP contribution is -2.54. The third-order valence-electron chi connectivity index (χ3n) is 5.08. The van der Waals surface area contributed by atoms with Crippen molar-refractivity contribution in [1.82, 2.24) is 5.32 Å². The second-order valence-electron chi connectivity index (χ2n) is 7.39.